The number of nitrogens with zero attached hydrogens (tertiary/aromatic N) is 4. The highest BCUT2D eigenvalue weighted by molar-refractivity contribution is 8.26. The number of likely N-dealkylation sites (N-methyl/N-ethyl adjacent to an activating group) is 2. The maximum atomic E-state index is 11.9. The third-order valence-corrected chi connectivity index (χ3v) is 5.18. The van der Waals surface area contributed by atoms with Crippen LogP contribution < -0.4 is 10.2 Å². The lowest BCUT2D eigenvalue weighted by Crippen LogP contribution is -2.29. The number of hydrogen-bond donors (Lipinski definition) is 1. The molecule has 27 heavy (non-hydrogen) atoms. The van der Waals surface area contributed by atoms with Gasteiger partial charge in [0.2, 0.25) is 0 Å². The fraction of sp³-hybridized carbons (Fsp3) is 0.263. The Kier molecular flexibility index (Phi) is 6.20. The number of anilines is 1. The van der Waals surface area contributed by atoms with E-state index < -0.39 is 0 Å². The minimum Gasteiger partial charge on any atom is -0.357 e. The molecule has 1 aliphatic heterocycles. The lowest BCUT2D eigenvalue weighted by molar-refractivity contribution is -0.115. The zero-order chi connectivity index (χ0) is 19.4. The molecule has 0 aliphatic carbocycles. The summed E-state index contributed by atoms with van der Waals surface area (Å²) in [5.74, 6) is 0.675. The average Bonchev–Trinajstić information content (AvgIpc) is 2.97. The molecule has 3 rings (SSSR count). The van der Waals surface area contributed by atoms with Gasteiger partial charge in [0.05, 0.1) is 23.0 Å². The summed E-state index contributed by atoms with van der Waals surface area (Å²) >= 11 is 6.31. The summed E-state index contributed by atoms with van der Waals surface area (Å²) in [4.78, 5) is 25.8. The molecule has 1 amide bonds. The van der Waals surface area contributed by atoms with Crippen molar-refractivity contribution in [1.82, 2.24) is 20.2 Å². The number of rotatable bonds is 6. The van der Waals surface area contributed by atoms with Gasteiger partial charge in [-0.1, -0.05) is 42.2 Å². The summed E-state index contributed by atoms with van der Waals surface area (Å²) in [7, 11) is 6.11. The molecular weight excluding hydrogens is 378 g/mol. The molecule has 0 atom stereocenters. The normalized spacial score (nSPS) is 15.5. The molecular formula is C19H21N5OS2. The third kappa shape index (κ3) is 5.12. The maximum Gasteiger partial charge on any atom is 0.263 e. The fourth-order valence-electron chi connectivity index (χ4n) is 2.50. The predicted molar refractivity (Wildman–Crippen MR) is 116 cm³/mol. The van der Waals surface area contributed by atoms with Gasteiger partial charge in [0.25, 0.3) is 5.91 Å². The largest absolute Gasteiger partial charge is 0.357 e. The van der Waals surface area contributed by atoms with E-state index in [1.54, 1.807) is 12.4 Å². The van der Waals surface area contributed by atoms with E-state index in [9.17, 15) is 4.79 Å². The molecule has 0 radical (unpaired) electrons. The number of carbonyl (C=O) groups is 1. The van der Waals surface area contributed by atoms with Crippen molar-refractivity contribution in [3.8, 4) is 11.3 Å². The number of carbonyl (C=O) groups excluding carboxylic acids is 1. The Morgan fingerprint density at radius 2 is 2.04 bits per heavy atom. The summed E-state index contributed by atoms with van der Waals surface area (Å²) in [5, 5.41) is 2.63. The lowest BCUT2D eigenvalue weighted by Gasteiger charge is -2.20. The number of aromatic nitrogens is 2. The van der Waals surface area contributed by atoms with E-state index in [1.807, 2.05) is 51.5 Å². The van der Waals surface area contributed by atoms with Crippen molar-refractivity contribution in [2.24, 2.45) is 0 Å². The maximum absolute atomic E-state index is 11.9. The van der Waals surface area contributed by atoms with Crippen LogP contribution in [0.25, 0.3) is 17.3 Å². The van der Waals surface area contributed by atoms with Gasteiger partial charge in [-0.3, -0.25) is 9.78 Å². The van der Waals surface area contributed by atoms with E-state index in [1.165, 1.54) is 11.8 Å². The highest BCUT2D eigenvalue weighted by atomic mass is 32.2. The average molecular weight is 400 g/mol. The Balaban J connectivity index is 1.83. The summed E-state index contributed by atoms with van der Waals surface area (Å²) in [6, 6.07) is 7.88. The van der Waals surface area contributed by atoms with Crippen LogP contribution in [0.2, 0.25) is 0 Å². The van der Waals surface area contributed by atoms with Crippen LogP contribution in [-0.2, 0) is 4.79 Å². The van der Waals surface area contributed by atoms with Crippen LogP contribution in [0.1, 0.15) is 5.56 Å². The van der Waals surface area contributed by atoms with Crippen molar-refractivity contribution >= 4 is 46.1 Å². The van der Waals surface area contributed by atoms with E-state index in [-0.39, 0.29) is 5.91 Å². The molecule has 1 fully saturated rings. The first kappa shape index (κ1) is 19.5. The molecule has 0 saturated carbocycles. The van der Waals surface area contributed by atoms with Crippen LogP contribution in [0.3, 0.4) is 0 Å². The number of amides is 1. The van der Waals surface area contributed by atoms with Gasteiger partial charge in [0, 0.05) is 25.7 Å². The van der Waals surface area contributed by atoms with Crippen LogP contribution in [0.15, 0.2) is 41.6 Å². The van der Waals surface area contributed by atoms with Gasteiger partial charge >= 0.3 is 0 Å². The number of nitrogens with one attached hydrogen (secondary N) is 1. The minimum atomic E-state index is -0.153. The van der Waals surface area contributed by atoms with Crippen molar-refractivity contribution in [3.63, 3.8) is 0 Å². The highest BCUT2D eigenvalue weighted by Crippen LogP contribution is 2.27. The Hall–Kier alpha value is -2.29. The third-order valence-electron chi connectivity index (χ3n) is 4.02. The van der Waals surface area contributed by atoms with E-state index in [0.29, 0.717) is 9.23 Å². The van der Waals surface area contributed by atoms with Crippen LogP contribution in [0, 0.1) is 0 Å². The Labute approximate surface area is 168 Å². The molecule has 0 bridgehead atoms. The quantitative estimate of drug-likeness (QED) is 0.592. The molecule has 1 aromatic heterocycles. The molecule has 1 aliphatic rings. The Morgan fingerprint density at radius 3 is 2.74 bits per heavy atom. The van der Waals surface area contributed by atoms with Gasteiger partial charge < -0.3 is 15.1 Å². The van der Waals surface area contributed by atoms with Gasteiger partial charge in [-0.2, -0.15) is 0 Å². The molecule has 2 heterocycles. The second kappa shape index (κ2) is 8.60. The zero-order valence-electron chi connectivity index (χ0n) is 15.5. The van der Waals surface area contributed by atoms with Gasteiger partial charge in [0.15, 0.2) is 0 Å². The van der Waals surface area contributed by atoms with Crippen molar-refractivity contribution in [2.75, 3.05) is 39.1 Å². The van der Waals surface area contributed by atoms with E-state index in [4.69, 9.17) is 17.2 Å². The second-order valence-corrected chi connectivity index (χ2v) is 8.18. The van der Waals surface area contributed by atoms with Crippen LogP contribution in [-0.4, -0.2) is 59.3 Å². The summed E-state index contributed by atoms with van der Waals surface area (Å²) in [6.45, 7) is 1.80. The molecule has 2 aromatic rings. The van der Waals surface area contributed by atoms with Crippen molar-refractivity contribution in [1.29, 1.82) is 0 Å². The van der Waals surface area contributed by atoms with Crippen molar-refractivity contribution < 1.29 is 4.79 Å². The van der Waals surface area contributed by atoms with Gasteiger partial charge in [-0.15, -0.1) is 0 Å². The number of benzene rings is 1. The SMILES string of the molecule is CN(C)CCN(C)c1cncc(-c2cccc(C=C3SC(=S)NC3=O)c2)n1. The van der Waals surface area contributed by atoms with Crippen molar-refractivity contribution in [2.45, 2.75) is 0 Å². The van der Waals surface area contributed by atoms with E-state index >= 15 is 0 Å². The zero-order valence-corrected chi connectivity index (χ0v) is 17.1. The van der Waals surface area contributed by atoms with Crippen molar-refractivity contribution in [3.05, 3.63) is 47.1 Å². The lowest BCUT2D eigenvalue weighted by atomic mass is 10.1. The second-order valence-electron chi connectivity index (χ2n) is 6.47. The standard InChI is InChI=1S/C19H21N5OS2/c1-23(2)7-8-24(3)17-12-20-11-15(21-17)14-6-4-5-13(9-14)10-16-18(25)22-19(26)27-16/h4-6,9-12H,7-8H2,1-3H3,(H,22,25,26). The van der Waals surface area contributed by atoms with E-state index in [2.05, 4.69) is 20.1 Å². The highest BCUT2D eigenvalue weighted by Gasteiger charge is 2.21. The number of hydrogen-bond acceptors (Lipinski definition) is 7. The number of thiocarbonyl (C=S) groups is 1. The summed E-state index contributed by atoms with van der Waals surface area (Å²) in [6.07, 6.45) is 5.36. The smallest absolute Gasteiger partial charge is 0.263 e. The van der Waals surface area contributed by atoms with Gasteiger partial charge in [0.1, 0.15) is 10.1 Å². The first-order valence-electron chi connectivity index (χ1n) is 8.45. The summed E-state index contributed by atoms with van der Waals surface area (Å²) in [5.41, 5.74) is 2.66. The number of thioether (sulfide) groups is 1. The monoisotopic (exact) mass is 399 g/mol. The van der Waals surface area contributed by atoms with Crippen LogP contribution in [0.5, 0.6) is 0 Å². The predicted octanol–water partition coefficient (Wildman–Crippen LogP) is 2.63. The van der Waals surface area contributed by atoms with Gasteiger partial charge in [-0.05, 0) is 31.8 Å². The van der Waals surface area contributed by atoms with E-state index in [0.717, 1.165) is 35.7 Å². The fourth-order valence-corrected chi connectivity index (χ4v) is 3.55. The first-order valence-corrected chi connectivity index (χ1v) is 9.68. The minimum absolute atomic E-state index is 0.153. The molecule has 6 nitrogen and oxygen atoms in total. The molecule has 140 valence electrons. The molecule has 8 heteroatoms. The molecule has 0 spiro atoms. The Bertz CT molecular complexity index is 897. The van der Waals surface area contributed by atoms with Crippen LogP contribution in [0.4, 0.5) is 5.82 Å². The molecule has 0 unspecified atom stereocenters. The molecule has 1 aromatic carbocycles. The summed E-state index contributed by atoms with van der Waals surface area (Å²) < 4.78 is 0.488. The van der Waals surface area contributed by atoms with Gasteiger partial charge in [-0.25, -0.2) is 4.98 Å². The first-order chi connectivity index (χ1) is 12.9. The topological polar surface area (TPSA) is 61.4 Å². The molecule has 1 N–H and O–H groups in total. The van der Waals surface area contributed by atoms with Crippen LogP contribution >= 0.6 is 24.0 Å². The molecule has 1 saturated heterocycles. The Morgan fingerprint density at radius 1 is 1.22 bits per heavy atom.